The van der Waals surface area contributed by atoms with Crippen molar-refractivity contribution in [2.45, 2.75) is 19.2 Å². The molecule has 1 unspecified atom stereocenters. The van der Waals surface area contributed by atoms with E-state index in [-0.39, 0.29) is 40.0 Å². The Balaban J connectivity index is 1.21. The van der Waals surface area contributed by atoms with Gasteiger partial charge in [0, 0.05) is 43.0 Å². The number of hydrogen-bond acceptors (Lipinski definition) is 1. The topological polar surface area (TPSA) is 8.17 Å². The van der Waals surface area contributed by atoms with Gasteiger partial charge in [-0.25, -0.2) is 0 Å². The zero-order valence-electron chi connectivity index (χ0n) is 38.8. The second-order valence-corrected chi connectivity index (χ2v) is 13.6. The van der Waals surface area contributed by atoms with Crippen LogP contribution < -0.4 is 4.90 Å². The number of benzene rings is 8. The van der Waals surface area contributed by atoms with E-state index in [2.05, 4.69) is 47.0 Å². The van der Waals surface area contributed by atoms with Gasteiger partial charge in [0.2, 0.25) is 0 Å². The lowest BCUT2D eigenvalue weighted by Gasteiger charge is -2.28. The molecule has 1 aliphatic rings. The Bertz CT molecular complexity index is 3310. The van der Waals surface area contributed by atoms with Crippen LogP contribution in [0.5, 0.6) is 0 Å². The van der Waals surface area contributed by atoms with Gasteiger partial charge in [-0.05, 0) is 111 Å². The number of fused-ring (bicyclic) bond motifs is 6. The minimum absolute atomic E-state index is 0.0525. The number of rotatable bonds is 6. The van der Waals surface area contributed by atoms with Crippen molar-refractivity contribution < 1.29 is 13.7 Å². The molecule has 0 bridgehead atoms. The van der Waals surface area contributed by atoms with Crippen molar-refractivity contribution in [3.8, 4) is 39.1 Å². The van der Waals surface area contributed by atoms with Gasteiger partial charge < -0.3 is 9.47 Å². The number of hydrogen-bond donors (Lipinski definition) is 0. The predicted molar refractivity (Wildman–Crippen MR) is 224 cm³/mol. The molecule has 0 spiro atoms. The lowest BCUT2D eigenvalue weighted by molar-refractivity contribution is 0.660. The summed E-state index contributed by atoms with van der Waals surface area (Å²) in [5.74, 6) is 0. The summed E-state index contributed by atoms with van der Waals surface area (Å²) >= 11 is 0. The minimum Gasteiger partial charge on any atom is -0.310 e. The van der Waals surface area contributed by atoms with Gasteiger partial charge in [-0.1, -0.05) is 141 Å². The van der Waals surface area contributed by atoms with Gasteiger partial charge >= 0.3 is 0 Å². The van der Waals surface area contributed by atoms with Gasteiger partial charge in [-0.3, -0.25) is 0 Å². The van der Waals surface area contributed by atoms with E-state index in [0.29, 0.717) is 11.4 Å². The SMILES string of the molecule is [2H]c1c([2H])c([2H])c2c(c1[2H])-c1c([2H])c([2H])c(N(c3ccc(-c4ccccc4)cc3)c3cccc(-c4ccc5c(c4)c4ccccc4n5-c4ccccc4)c3)c([2H])c1C2(C)C([2H])([2H])[2H]. The Hall–Kier alpha value is -6.64. The highest BCUT2D eigenvalue weighted by Gasteiger charge is 2.35. The lowest BCUT2D eigenvalue weighted by atomic mass is 9.82. The first-order valence-electron chi connectivity index (χ1n) is 22.6. The van der Waals surface area contributed by atoms with Gasteiger partial charge in [0.25, 0.3) is 0 Å². The zero-order valence-corrected chi connectivity index (χ0v) is 28.8. The highest BCUT2D eigenvalue weighted by atomic mass is 15.1. The van der Waals surface area contributed by atoms with Crippen molar-refractivity contribution in [2.24, 2.45) is 0 Å². The fourth-order valence-corrected chi connectivity index (χ4v) is 7.74. The number of aromatic nitrogens is 1. The summed E-state index contributed by atoms with van der Waals surface area (Å²) in [6.07, 6.45) is 0. The van der Waals surface area contributed by atoms with Crippen molar-refractivity contribution in [3.63, 3.8) is 0 Å². The van der Waals surface area contributed by atoms with Crippen molar-refractivity contribution in [2.75, 3.05) is 4.90 Å². The fourth-order valence-electron chi connectivity index (χ4n) is 7.74. The van der Waals surface area contributed by atoms with Crippen LogP contribution in [0.3, 0.4) is 0 Å². The molecular formula is C51H38N2. The van der Waals surface area contributed by atoms with Crippen molar-refractivity contribution in [1.82, 2.24) is 4.57 Å². The quantitative estimate of drug-likeness (QED) is 0.169. The molecule has 2 heteroatoms. The van der Waals surface area contributed by atoms with Crippen LogP contribution in [-0.2, 0) is 5.41 Å². The van der Waals surface area contributed by atoms with Crippen LogP contribution in [0.25, 0.3) is 60.9 Å². The Morgan fingerprint density at radius 3 is 2.00 bits per heavy atom. The van der Waals surface area contributed by atoms with Crippen molar-refractivity contribution in [3.05, 3.63) is 205 Å². The molecule has 1 heterocycles. The molecular weight excluding hydrogens is 641 g/mol. The van der Waals surface area contributed by atoms with Gasteiger partial charge in [0.15, 0.2) is 0 Å². The first-order valence-corrected chi connectivity index (χ1v) is 17.6. The molecule has 0 aliphatic heterocycles. The third kappa shape index (κ3) is 5.10. The molecule has 0 saturated heterocycles. The molecule has 1 aliphatic carbocycles. The molecule has 0 saturated carbocycles. The van der Waals surface area contributed by atoms with Crippen LogP contribution in [0.1, 0.15) is 38.6 Å². The monoisotopic (exact) mass is 688 g/mol. The van der Waals surface area contributed by atoms with Crippen LogP contribution in [0.15, 0.2) is 194 Å². The van der Waals surface area contributed by atoms with E-state index in [9.17, 15) is 4.11 Å². The minimum atomic E-state index is -2.92. The van der Waals surface area contributed by atoms with E-state index in [1.165, 1.54) is 6.92 Å². The van der Waals surface area contributed by atoms with Gasteiger partial charge in [-0.2, -0.15) is 0 Å². The van der Waals surface area contributed by atoms with Crippen molar-refractivity contribution >= 4 is 38.9 Å². The lowest BCUT2D eigenvalue weighted by Crippen LogP contribution is -2.16. The van der Waals surface area contributed by atoms with Crippen LogP contribution in [0.2, 0.25) is 0 Å². The Morgan fingerprint density at radius 1 is 0.509 bits per heavy atom. The summed E-state index contributed by atoms with van der Waals surface area (Å²) < 4.78 is 92.8. The smallest absolute Gasteiger partial charge is 0.0648 e. The van der Waals surface area contributed by atoms with E-state index in [4.69, 9.17) is 9.60 Å². The summed E-state index contributed by atoms with van der Waals surface area (Å²) in [7, 11) is 0. The van der Waals surface area contributed by atoms with Gasteiger partial charge in [0.1, 0.15) is 0 Å². The average molecular weight is 689 g/mol. The zero-order chi connectivity index (χ0) is 44.1. The molecule has 1 aromatic heterocycles. The second kappa shape index (κ2) is 12.3. The van der Waals surface area contributed by atoms with Gasteiger partial charge in [-0.15, -0.1) is 0 Å². The van der Waals surface area contributed by atoms with E-state index >= 15 is 0 Å². The standard InChI is InChI=1S/C51H38N2/c1-51(2)47-22-11-9-20-43(47)44-30-29-42(34-48(44)51)52(40-27-24-36(25-28-40)35-14-5-3-6-15-35)41-19-13-16-37(32-41)38-26-31-50-46(33-38)45-21-10-12-23-49(45)53(50)39-17-7-4-8-18-39/h3-34H,1-2H3/i1D3,9D,11D,20D,22D,29D,30D,34D. The summed E-state index contributed by atoms with van der Waals surface area (Å²) in [5, 5.41) is 2.15. The fraction of sp³-hybridized carbons (Fsp3) is 0.0588. The largest absolute Gasteiger partial charge is 0.310 e. The third-order valence-corrected chi connectivity index (χ3v) is 10.3. The molecule has 0 N–H and O–H groups in total. The number of nitrogens with zero attached hydrogens (tertiary/aromatic N) is 2. The van der Waals surface area contributed by atoms with Gasteiger partial charge in [0.05, 0.1) is 20.6 Å². The summed E-state index contributed by atoms with van der Waals surface area (Å²) in [4.78, 5) is 1.71. The normalized spacial score (nSPS) is 17.6. The van der Waals surface area contributed by atoms with E-state index in [1.54, 1.807) is 4.90 Å². The molecule has 252 valence electrons. The molecule has 53 heavy (non-hydrogen) atoms. The Labute approximate surface area is 324 Å². The summed E-state index contributed by atoms with van der Waals surface area (Å²) in [5.41, 5.74) is 5.12. The first-order chi connectivity index (χ1) is 30.2. The van der Waals surface area contributed by atoms with Crippen LogP contribution in [0.4, 0.5) is 17.1 Å². The molecule has 8 aromatic carbocycles. The molecule has 10 rings (SSSR count). The number of para-hydroxylation sites is 2. The van der Waals surface area contributed by atoms with E-state index in [1.807, 2.05) is 109 Å². The maximum absolute atomic E-state index is 9.98. The van der Waals surface area contributed by atoms with E-state index in [0.717, 1.165) is 49.7 Å². The third-order valence-electron chi connectivity index (χ3n) is 10.3. The Morgan fingerprint density at radius 2 is 1.17 bits per heavy atom. The molecule has 0 fully saturated rings. The second-order valence-electron chi connectivity index (χ2n) is 13.6. The predicted octanol–water partition coefficient (Wildman–Crippen LogP) is 13.9. The van der Waals surface area contributed by atoms with E-state index < -0.39 is 42.5 Å². The maximum atomic E-state index is 9.98. The van der Waals surface area contributed by atoms with Crippen LogP contribution in [-0.4, -0.2) is 4.57 Å². The maximum Gasteiger partial charge on any atom is 0.0648 e. The molecule has 1 atom stereocenters. The van der Waals surface area contributed by atoms with Crippen LogP contribution >= 0.6 is 0 Å². The highest BCUT2D eigenvalue weighted by molar-refractivity contribution is 6.10. The summed E-state index contributed by atoms with van der Waals surface area (Å²) in [6, 6.07) is 46.6. The highest BCUT2D eigenvalue weighted by Crippen LogP contribution is 2.51. The molecule has 2 nitrogen and oxygen atoms in total. The van der Waals surface area contributed by atoms with Crippen molar-refractivity contribution in [1.29, 1.82) is 0 Å². The number of anilines is 3. The molecule has 0 radical (unpaired) electrons. The molecule has 0 amide bonds. The molecule has 9 aromatic rings. The first kappa shape index (κ1) is 22.3. The average Bonchev–Trinajstić information content (AvgIpc) is 3.79. The van der Waals surface area contributed by atoms with Crippen LogP contribution in [0, 0.1) is 0 Å². The Kier molecular flexibility index (Phi) is 5.16. The summed E-state index contributed by atoms with van der Waals surface area (Å²) in [6.45, 7) is -1.56.